The van der Waals surface area contributed by atoms with E-state index < -0.39 is 0 Å². The van der Waals surface area contributed by atoms with Gasteiger partial charge in [-0.15, -0.1) is 0 Å². The number of aromatic nitrogens is 2. The molecule has 0 amide bonds. The number of nitrogens with two attached hydrogens (primary N) is 1. The van der Waals surface area contributed by atoms with Crippen LogP contribution in [0.4, 0.5) is 11.6 Å². The predicted octanol–water partition coefficient (Wildman–Crippen LogP) is 2.53. The van der Waals surface area contributed by atoms with E-state index >= 15 is 0 Å². The lowest BCUT2D eigenvalue weighted by molar-refractivity contribution is 0.458. The van der Waals surface area contributed by atoms with Crippen LogP contribution in [0.3, 0.4) is 0 Å². The standard InChI is InChI=1S/C14H18N4O/c1-9-7-10(2)12(8-11(9)15)19-13-5-6-16-14(17-13)18(3)4/h5-8H,15H2,1-4H3. The molecular weight excluding hydrogens is 240 g/mol. The Kier molecular flexibility index (Phi) is 3.55. The lowest BCUT2D eigenvalue weighted by Crippen LogP contribution is -2.12. The van der Waals surface area contributed by atoms with Gasteiger partial charge in [-0.2, -0.15) is 4.98 Å². The second kappa shape index (κ2) is 5.14. The van der Waals surface area contributed by atoms with Crippen LogP contribution >= 0.6 is 0 Å². The number of hydrogen-bond acceptors (Lipinski definition) is 5. The SMILES string of the molecule is Cc1cc(C)c(Oc2ccnc(N(C)C)n2)cc1N. The average molecular weight is 258 g/mol. The van der Waals surface area contributed by atoms with E-state index in [1.165, 1.54) is 0 Å². The fourth-order valence-electron chi connectivity index (χ4n) is 1.68. The Morgan fingerprint density at radius 3 is 2.58 bits per heavy atom. The molecule has 1 aromatic carbocycles. The van der Waals surface area contributed by atoms with Gasteiger partial charge < -0.3 is 15.4 Å². The zero-order valence-electron chi connectivity index (χ0n) is 11.6. The summed E-state index contributed by atoms with van der Waals surface area (Å²) in [6.45, 7) is 3.96. The summed E-state index contributed by atoms with van der Waals surface area (Å²) < 4.78 is 5.78. The summed E-state index contributed by atoms with van der Waals surface area (Å²) in [7, 11) is 3.77. The highest BCUT2D eigenvalue weighted by molar-refractivity contribution is 5.54. The highest BCUT2D eigenvalue weighted by Gasteiger charge is 2.07. The van der Waals surface area contributed by atoms with E-state index in [1.54, 1.807) is 12.3 Å². The Labute approximate surface area is 113 Å². The molecule has 0 bridgehead atoms. The first kappa shape index (κ1) is 13.1. The van der Waals surface area contributed by atoms with Gasteiger partial charge in [0, 0.05) is 38.1 Å². The van der Waals surface area contributed by atoms with E-state index in [0.717, 1.165) is 11.1 Å². The largest absolute Gasteiger partial charge is 0.439 e. The van der Waals surface area contributed by atoms with Gasteiger partial charge in [-0.25, -0.2) is 4.98 Å². The summed E-state index contributed by atoms with van der Waals surface area (Å²) >= 11 is 0. The zero-order valence-corrected chi connectivity index (χ0v) is 11.6. The van der Waals surface area contributed by atoms with Gasteiger partial charge in [0.05, 0.1) is 0 Å². The van der Waals surface area contributed by atoms with E-state index in [2.05, 4.69) is 9.97 Å². The molecule has 5 heteroatoms. The lowest BCUT2D eigenvalue weighted by atomic mass is 10.1. The zero-order chi connectivity index (χ0) is 14.0. The molecule has 0 unspecified atom stereocenters. The summed E-state index contributed by atoms with van der Waals surface area (Å²) in [5.74, 6) is 1.83. The first-order valence-electron chi connectivity index (χ1n) is 6.02. The van der Waals surface area contributed by atoms with E-state index in [4.69, 9.17) is 10.5 Å². The van der Waals surface area contributed by atoms with Crippen LogP contribution in [0, 0.1) is 13.8 Å². The molecule has 0 atom stereocenters. The minimum Gasteiger partial charge on any atom is -0.439 e. The molecule has 5 nitrogen and oxygen atoms in total. The van der Waals surface area contributed by atoms with Crippen molar-refractivity contribution in [2.75, 3.05) is 24.7 Å². The van der Waals surface area contributed by atoms with Gasteiger partial charge >= 0.3 is 0 Å². The number of rotatable bonds is 3. The first-order valence-corrected chi connectivity index (χ1v) is 6.02. The summed E-state index contributed by atoms with van der Waals surface area (Å²) in [5.41, 5.74) is 8.68. The van der Waals surface area contributed by atoms with Crippen LogP contribution in [0.15, 0.2) is 24.4 Å². The molecule has 19 heavy (non-hydrogen) atoms. The molecule has 2 aromatic rings. The Bertz CT molecular complexity index is 596. The van der Waals surface area contributed by atoms with Gasteiger partial charge in [-0.05, 0) is 25.0 Å². The Morgan fingerprint density at radius 2 is 1.89 bits per heavy atom. The molecule has 2 rings (SSSR count). The summed E-state index contributed by atoms with van der Waals surface area (Å²) in [5, 5.41) is 0. The Morgan fingerprint density at radius 1 is 1.16 bits per heavy atom. The van der Waals surface area contributed by atoms with Crippen molar-refractivity contribution >= 4 is 11.6 Å². The van der Waals surface area contributed by atoms with Crippen molar-refractivity contribution in [3.05, 3.63) is 35.5 Å². The molecule has 1 heterocycles. The number of benzene rings is 1. The van der Waals surface area contributed by atoms with Crippen LogP contribution in [0.1, 0.15) is 11.1 Å². The molecule has 0 aliphatic heterocycles. The van der Waals surface area contributed by atoms with Crippen molar-refractivity contribution in [2.45, 2.75) is 13.8 Å². The molecule has 0 saturated heterocycles. The average Bonchev–Trinajstić information content (AvgIpc) is 2.36. The summed E-state index contributed by atoms with van der Waals surface area (Å²) in [4.78, 5) is 10.3. The maximum Gasteiger partial charge on any atom is 0.228 e. The number of nitrogens with zero attached hydrogens (tertiary/aromatic N) is 3. The van der Waals surface area contributed by atoms with Gasteiger partial charge in [-0.3, -0.25) is 0 Å². The monoisotopic (exact) mass is 258 g/mol. The molecular formula is C14H18N4O. The maximum atomic E-state index is 5.90. The van der Waals surface area contributed by atoms with Gasteiger partial charge in [-0.1, -0.05) is 6.07 Å². The van der Waals surface area contributed by atoms with Crippen molar-refractivity contribution in [3.63, 3.8) is 0 Å². The highest BCUT2D eigenvalue weighted by atomic mass is 16.5. The van der Waals surface area contributed by atoms with Gasteiger partial charge in [0.25, 0.3) is 0 Å². The molecule has 0 aliphatic rings. The molecule has 0 aliphatic carbocycles. The number of hydrogen-bond donors (Lipinski definition) is 1. The fraction of sp³-hybridized carbons (Fsp3) is 0.286. The summed E-state index contributed by atoms with van der Waals surface area (Å²) in [6, 6.07) is 5.54. The predicted molar refractivity (Wildman–Crippen MR) is 76.8 cm³/mol. The molecule has 100 valence electrons. The van der Waals surface area contributed by atoms with E-state index in [-0.39, 0.29) is 0 Å². The van der Waals surface area contributed by atoms with E-state index in [9.17, 15) is 0 Å². The normalized spacial score (nSPS) is 10.3. The number of aryl methyl sites for hydroxylation is 2. The second-order valence-electron chi connectivity index (χ2n) is 4.67. The molecule has 2 N–H and O–H groups in total. The fourth-order valence-corrected chi connectivity index (χ4v) is 1.68. The number of nitrogen functional groups attached to an aromatic ring is 1. The Balaban J connectivity index is 2.31. The van der Waals surface area contributed by atoms with Crippen LogP contribution < -0.4 is 15.4 Å². The lowest BCUT2D eigenvalue weighted by Gasteiger charge is -2.13. The quantitative estimate of drug-likeness (QED) is 0.857. The van der Waals surface area contributed by atoms with Crippen LogP contribution in [0.25, 0.3) is 0 Å². The maximum absolute atomic E-state index is 5.90. The third-order valence-electron chi connectivity index (χ3n) is 2.80. The number of anilines is 2. The topological polar surface area (TPSA) is 64.3 Å². The van der Waals surface area contributed by atoms with Gasteiger partial charge in [0.2, 0.25) is 11.8 Å². The van der Waals surface area contributed by atoms with Crippen LogP contribution in [0.5, 0.6) is 11.6 Å². The van der Waals surface area contributed by atoms with Crippen molar-refractivity contribution in [1.82, 2.24) is 9.97 Å². The molecule has 0 radical (unpaired) electrons. The van der Waals surface area contributed by atoms with Gasteiger partial charge in [0.1, 0.15) is 5.75 Å². The van der Waals surface area contributed by atoms with Crippen molar-refractivity contribution in [1.29, 1.82) is 0 Å². The third-order valence-corrected chi connectivity index (χ3v) is 2.80. The van der Waals surface area contributed by atoms with Crippen LogP contribution in [-0.4, -0.2) is 24.1 Å². The van der Waals surface area contributed by atoms with Crippen molar-refractivity contribution in [3.8, 4) is 11.6 Å². The van der Waals surface area contributed by atoms with E-state index in [0.29, 0.717) is 23.3 Å². The molecule has 1 aromatic heterocycles. The Hall–Kier alpha value is -2.30. The summed E-state index contributed by atoms with van der Waals surface area (Å²) in [6.07, 6.45) is 1.67. The third kappa shape index (κ3) is 2.93. The van der Waals surface area contributed by atoms with Crippen LogP contribution in [0.2, 0.25) is 0 Å². The first-order chi connectivity index (χ1) is 8.97. The molecule has 0 spiro atoms. The highest BCUT2D eigenvalue weighted by Crippen LogP contribution is 2.28. The second-order valence-corrected chi connectivity index (χ2v) is 4.67. The van der Waals surface area contributed by atoms with Gasteiger partial charge in [0.15, 0.2) is 0 Å². The smallest absolute Gasteiger partial charge is 0.228 e. The minimum absolute atomic E-state index is 0.505. The van der Waals surface area contributed by atoms with E-state index in [1.807, 2.05) is 45.0 Å². The van der Waals surface area contributed by atoms with Crippen molar-refractivity contribution < 1.29 is 4.74 Å². The molecule has 0 fully saturated rings. The number of ether oxygens (including phenoxy) is 1. The molecule has 0 saturated carbocycles. The van der Waals surface area contributed by atoms with Crippen LogP contribution in [-0.2, 0) is 0 Å². The van der Waals surface area contributed by atoms with Crippen molar-refractivity contribution in [2.24, 2.45) is 0 Å². The minimum atomic E-state index is 0.505.